The molecule has 0 fully saturated rings. The van der Waals surface area contributed by atoms with Gasteiger partial charge in [0, 0.05) is 23.0 Å². The largest absolute Gasteiger partial charge is 0.355 e. The van der Waals surface area contributed by atoms with E-state index in [1.807, 2.05) is 63.2 Å². The number of benzene rings is 2. The van der Waals surface area contributed by atoms with Gasteiger partial charge < -0.3 is 10.6 Å². The molecule has 5 nitrogen and oxygen atoms in total. The number of hydrogen-bond donors (Lipinski definition) is 2. The molecular formula is C22H28N2O3S. The molecule has 0 spiro atoms. The van der Waals surface area contributed by atoms with Crippen molar-refractivity contribution in [1.82, 2.24) is 5.32 Å². The highest BCUT2D eigenvalue weighted by Gasteiger charge is 2.14. The lowest BCUT2D eigenvalue weighted by Crippen LogP contribution is -2.32. The molecule has 1 atom stereocenters. The molecule has 2 amide bonds. The monoisotopic (exact) mass is 400 g/mol. The van der Waals surface area contributed by atoms with Gasteiger partial charge in [0.1, 0.15) is 11.5 Å². The van der Waals surface area contributed by atoms with Crippen molar-refractivity contribution in [3.05, 3.63) is 64.7 Å². The van der Waals surface area contributed by atoms with Gasteiger partial charge in [-0.3, -0.25) is 13.8 Å². The van der Waals surface area contributed by atoms with Crippen LogP contribution in [0.15, 0.2) is 42.5 Å². The molecule has 6 heteroatoms. The summed E-state index contributed by atoms with van der Waals surface area (Å²) in [5.74, 6) is -0.985. The Bertz CT molecular complexity index is 827. The van der Waals surface area contributed by atoms with Crippen molar-refractivity contribution in [2.75, 3.05) is 23.4 Å². The summed E-state index contributed by atoms with van der Waals surface area (Å²) < 4.78 is 12.1. The minimum Gasteiger partial charge on any atom is -0.355 e. The number of aryl methyl sites for hydroxylation is 4. The topological polar surface area (TPSA) is 75.3 Å². The predicted octanol–water partition coefficient (Wildman–Crippen LogP) is 3.05. The molecule has 2 rings (SSSR count). The first kappa shape index (κ1) is 21.8. The fourth-order valence-corrected chi connectivity index (χ4v) is 3.97. The van der Waals surface area contributed by atoms with Crippen molar-refractivity contribution >= 4 is 28.3 Å². The zero-order valence-electron chi connectivity index (χ0n) is 16.7. The van der Waals surface area contributed by atoms with Gasteiger partial charge in [-0.25, -0.2) is 0 Å². The van der Waals surface area contributed by atoms with Gasteiger partial charge in [-0.1, -0.05) is 48.0 Å². The van der Waals surface area contributed by atoms with E-state index >= 15 is 0 Å². The Labute approximate surface area is 169 Å². The summed E-state index contributed by atoms with van der Waals surface area (Å²) in [5.41, 5.74) is 5.03. The first-order chi connectivity index (χ1) is 13.3. The van der Waals surface area contributed by atoms with Crippen LogP contribution in [-0.4, -0.2) is 34.1 Å². The average Bonchev–Trinajstić information content (AvgIpc) is 2.62. The van der Waals surface area contributed by atoms with Crippen LogP contribution in [0.1, 0.15) is 28.7 Å². The average molecular weight is 401 g/mol. The number of hydrogen-bond acceptors (Lipinski definition) is 3. The zero-order valence-corrected chi connectivity index (χ0v) is 17.5. The summed E-state index contributed by atoms with van der Waals surface area (Å²) in [7, 11) is -1.54. The number of anilines is 1. The van der Waals surface area contributed by atoms with Crippen molar-refractivity contribution in [2.45, 2.75) is 33.6 Å². The highest BCUT2D eigenvalue weighted by Crippen LogP contribution is 2.21. The number of nitrogens with one attached hydrogen (secondary N) is 2. The Morgan fingerprint density at radius 2 is 1.54 bits per heavy atom. The van der Waals surface area contributed by atoms with E-state index in [1.165, 1.54) is 5.56 Å². The normalized spacial score (nSPS) is 11.7. The molecular weight excluding hydrogens is 372 g/mol. The standard InChI is InChI=1S/C22H28N2O3S/c1-16-12-17(2)22(18(3)13-16)24-21(26)15-28(27)14-20(25)23-11-7-10-19-8-5-4-6-9-19/h4-6,8-9,12-13H,7,10-11,14-15H2,1-3H3,(H,23,25)(H,24,26)/t28-/m1/s1. The Balaban J connectivity index is 1.71. The Kier molecular flexibility index (Phi) is 8.39. The first-order valence-corrected chi connectivity index (χ1v) is 10.9. The van der Waals surface area contributed by atoms with Gasteiger partial charge in [-0.2, -0.15) is 0 Å². The molecule has 0 radical (unpaired) electrons. The van der Waals surface area contributed by atoms with E-state index in [1.54, 1.807) is 0 Å². The van der Waals surface area contributed by atoms with Gasteiger partial charge in [0.2, 0.25) is 11.8 Å². The lowest BCUT2D eigenvalue weighted by Gasteiger charge is -2.12. The molecule has 0 aromatic heterocycles. The van der Waals surface area contributed by atoms with Gasteiger partial charge in [0.15, 0.2) is 0 Å². The van der Waals surface area contributed by atoms with Crippen molar-refractivity contribution in [1.29, 1.82) is 0 Å². The smallest absolute Gasteiger partial charge is 0.237 e. The molecule has 0 unspecified atom stereocenters. The minimum atomic E-state index is -1.54. The van der Waals surface area contributed by atoms with Crippen molar-refractivity contribution < 1.29 is 13.8 Å². The number of amides is 2. The van der Waals surface area contributed by atoms with Crippen LogP contribution < -0.4 is 10.6 Å². The molecule has 0 saturated heterocycles. The van der Waals surface area contributed by atoms with Crippen molar-refractivity contribution in [2.24, 2.45) is 0 Å². The fraction of sp³-hybridized carbons (Fsp3) is 0.364. The summed E-state index contributed by atoms with van der Waals surface area (Å²) in [4.78, 5) is 24.1. The maximum Gasteiger partial charge on any atom is 0.237 e. The maximum absolute atomic E-state index is 12.2. The van der Waals surface area contributed by atoms with Crippen LogP contribution in [0.2, 0.25) is 0 Å². The van der Waals surface area contributed by atoms with Gasteiger partial charge in [0.25, 0.3) is 0 Å². The lowest BCUT2D eigenvalue weighted by molar-refractivity contribution is -0.118. The molecule has 0 aliphatic rings. The van der Waals surface area contributed by atoms with Crippen LogP contribution in [0.4, 0.5) is 5.69 Å². The Hall–Kier alpha value is -2.47. The molecule has 0 aliphatic heterocycles. The zero-order chi connectivity index (χ0) is 20.5. The van der Waals surface area contributed by atoms with Crippen LogP contribution >= 0.6 is 0 Å². The van der Waals surface area contributed by atoms with Crippen LogP contribution in [0, 0.1) is 20.8 Å². The summed E-state index contributed by atoms with van der Waals surface area (Å²) in [6.07, 6.45) is 1.69. The third-order valence-corrected chi connectivity index (χ3v) is 5.50. The third-order valence-electron chi connectivity index (χ3n) is 4.33. The van der Waals surface area contributed by atoms with E-state index in [0.717, 1.165) is 35.2 Å². The van der Waals surface area contributed by atoms with Crippen LogP contribution in [0.3, 0.4) is 0 Å². The van der Waals surface area contributed by atoms with Crippen molar-refractivity contribution in [3.8, 4) is 0 Å². The van der Waals surface area contributed by atoms with Gasteiger partial charge >= 0.3 is 0 Å². The molecule has 0 saturated carbocycles. The molecule has 0 aliphatic carbocycles. The molecule has 2 N–H and O–H groups in total. The van der Waals surface area contributed by atoms with Gasteiger partial charge in [-0.05, 0) is 50.3 Å². The Morgan fingerprint density at radius 3 is 2.18 bits per heavy atom. The van der Waals surface area contributed by atoms with E-state index in [4.69, 9.17) is 0 Å². The summed E-state index contributed by atoms with van der Waals surface area (Å²) in [6.45, 7) is 6.38. The second-order valence-corrected chi connectivity index (χ2v) is 8.45. The Morgan fingerprint density at radius 1 is 0.929 bits per heavy atom. The van der Waals surface area contributed by atoms with Gasteiger partial charge in [-0.15, -0.1) is 0 Å². The van der Waals surface area contributed by atoms with E-state index in [2.05, 4.69) is 10.6 Å². The SMILES string of the molecule is Cc1cc(C)c(NC(=O)C[S@](=O)CC(=O)NCCCc2ccccc2)c(C)c1. The fourth-order valence-electron chi connectivity index (χ4n) is 3.11. The third kappa shape index (κ3) is 7.27. The highest BCUT2D eigenvalue weighted by molar-refractivity contribution is 7.86. The lowest BCUT2D eigenvalue weighted by atomic mass is 10.1. The van der Waals surface area contributed by atoms with Crippen LogP contribution in [0.25, 0.3) is 0 Å². The number of carbonyl (C=O) groups is 2. The van der Waals surface area contributed by atoms with Crippen LogP contribution in [0.5, 0.6) is 0 Å². The summed E-state index contributed by atoms with van der Waals surface area (Å²) >= 11 is 0. The summed E-state index contributed by atoms with van der Waals surface area (Å²) in [5, 5.41) is 5.58. The van der Waals surface area contributed by atoms with E-state index in [0.29, 0.717) is 6.54 Å². The van der Waals surface area contributed by atoms with E-state index in [9.17, 15) is 13.8 Å². The number of rotatable bonds is 9. The quantitative estimate of drug-likeness (QED) is 0.635. The van der Waals surface area contributed by atoms with E-state index < -0.39 is 10.8 Å². The molecule has 2 aromatic carbocycles. The van der Waals surface area contributed by atoms with E-state index in [-0.39, 0.29) is 23.3 Å². The van der Waals surface area contributed by atoms with Crippen LogP contribution in [-0.2, 0) is 26.8 Å². The first-order valence-electron chi connectivity index (χ1n) is 9.38. The maximum atomic E-state index is 12.2. The molecule has 0 bridgehead atoms. The second-order valence-electron chi connectivity index (χ2n) is 6.99. The highest BCUT2D eigenvalue weighted by atomic mass is 32.2. The van der Waals surface area contributed by atoms with Gasteiger partial charge in [0.05, 0.1) is 0 Å². The number of carbonyl (C=O) groups excluding carboxylic acids is 2. The predicted molar refractivity (Wildman–Crippen MR) is 115 cm³/mol. The molecule has 0 heterocycles. The summed E-state index contributed by atoms with van der Waals surface area (Å²) in [6, 6.07) is 14.0. The molecule has 2 aromatic rings. The molecule has 28 heavy (non-hydrogen) atoms. The second kappa shape index (κ2) is 10.8. The molecule has 150 valence electrons. The minimum absolute atomic E-state index is 0.162. The van der Waals surface area contributed by atoms with Crippen molar-refractivity contribution in [3.63, 3.8) is 0 Å².